The minimum absolute atomic E-state index is 0.0835. The van der Waals surface area contributed by atoms with Crippen molar-refractivity contribution in [2.75, 3.05) is 6.54 Å². The van der Waals surface area contributed by atoms with E-state index < -0.39 is 0 Å². The number of hydrogen-bond acceptors (Lipinski definition) is 2. The molecule has 0 spiro atoms. The summed E-state index contributed by atoms with van der Waals surface area (Å²) in [6.07, 6.45) is 4.29. The van der Waals surface area contributed by atoms with E-state index in [2.05, 4.69) is 10.4 Å². The maximum absolute atomic E-state index is 12.4. The number of aromatic nitrogens is 2. The van der Waals surface area contributed by atoms with E-state index in [4.69, 9.17) is 11.6 Å². The lowest BCUT2D eigenvalue weighted by atomic mass is 9.89. The third-order valence-corrected chi connectivity index (χ3v) is 4.74. The molecule has 1 N–H and O–H groups in total. The lowest BCUT2D eigenvalue weighted by Gasteiger charge is -2.24. The van der Waals surface area contributed by atoms with Crippen LogP contribution in [0.4, 0.5) is 0 Å². The summed E-state index contributed by atoms with van der Waals surface area (Å²) in [7, 11) is 1.86. The van der Waals surface area contributed by atoms with Gasteiger partial charge in [-0.2, -0.15) is 5.10 Å². The summed E-state index contributed by atoms with van der Waals surface area (Å²) in [5.41, 5.74) is 1.49. The summed E-state index contributed by atoms with van der Waals surface area (Å²) in [5, 5.41) is 8.60. The van der Waals surface area contributed by atoms with Crippen molar-refractivity contribution in [3.63, 3.8) is 0 Å². The van der Waals surface area contributed by atoms with Crippen LogP contribution in [0.25, 0.3) is 10.9 Å². The molecule has 21 heavy (non-hydrogen) atoms. The smallest absolute Gasteiger partial charge is 0.272 e. The average molecular weight is 306 g/mol. The predicted octanol–water partition coefficient (Wildman–Crippen LogP) is 3.10. The molecule has 2 aromatic rings. The summed E-state index contributed by atoms with van der Waals surface area (Å²) in [6, 6.07) is 7.80. The van der Waals surface area contributed by atoms with Crippen molar-refractivity contribution < 1.29 is 4.79 Å². The molecule has 112 valence electrons. The quantitative estimate of drug-likeness (QED) is 0.886. The second kappa shape index (κ2) is 6.06. The highest BCUT2D eigenvalue weighted by Gasteiger charge is 2.21. The number of benzene rings is 1. The first-order valence-corrected chi connectivity index (χ1v) is 7.93. The van der Waals surface area contributed by atoms with Crippen molar-refractivity contribution in [2.24, 2.45) is 13.0 Å². The Morgan fingerprint density at radius 2 is 2.05 bits per heavy atom. The second-order valence-corrected chi connectivity index (χ2v) is 6.43. The predicted molar refractivity (Wildman–Crippen MR) is 84.6 cm³/mol. The van der Waals surface area contributed by atoms with Crippen LogP contribution in [0, 0.1) is 5.92 Å². The Morgan fingerprint density at radius 1 is 1.33 bits per heavy atom. The second-order valence-electron chi connectivity index (χ2n) is 5.82. The van der Waals surface area contributed by atoms with E-state index in [1.165, 1.54) is 0 Å². The van der Waals surface area contributed by atoms with Gasteiger partial charge < -0.3 is 5.32 Å². The molecule has 0 saturated heterocycles. The van der Waals surface area contributed by atoms with Gasteiger partial charge in [-0.1, -0.05) is 18.2 Å². The lowest BCUT2D eigenvalue weighted by Crippen LogP contribution is -2.31. The number of aryl methyl sites for hydroxylation is 1. The number of alkyl halides is 1. The molecule has 1 aromatic heterocycles. The molecular formula is C16H20ClN3O. The number of fused-ring (bicyclic) bond motifs is 1. The first kappa shape index (κ1) is 14.4. The van der Waals surface area contributed by atoms with E-state index in [9.17, 15) is 4.79 Å². The van der Waals surface area contributed by atoms with Crippen molar-refractivity contribution in [1.82, 2.24) is 15.1 Å². The SMILES string of the molecule is Cn1nc(C(=O)NCC2CCC(Cl)CC2)c2ccccc21. The van der Waals surface area contributed by atoms with Crippen LogP contribution in [0.2, 0.25) is 0 Å². The molecule has 1 aliphatic rings. The summed E-state index contributed by atoms with van der Waals surface area (Å²) in [4.78, 5) is 12.4. The molecule has 0 aliphatic heterocycles. The van der Waals surface area contributed by atoms with Crippen molar-refractivity contribution in [2.45, 2.75) is 31.1 Å². The molecule has 0 unspecified atom stereocenters. The van der Waals surface area contributed by atoms with Gasteiger partial charge >= 0.3 is 0 Å². The fourth-order valence-electron chi connectivity index (χ4n) is 3.03. The first-order chi connectivity index (χ1) is 10.1. The summed E-state index contributed by atoms with van der Waals surface area (Å²) in [6.45, 7) is 0.716. The van der Waals surface area contributed by atoms with Gasteiger partial charge in [0.2, 0.25) is 0 Å². The number of carbonyl (C=O) groups excluding carboxylic acids is 1. The summed E-state index contributed by atoms with van der Waals surface area (Å²) >= 11 is 6.11. The van der Waals surface area contributed by atoms with E-state index in [1.54, 1.807) is 4.68 Å². The maximum Gasteiger partial charge on any atom is 0.272 e. The molecule has 1 aromatic carbocycles. The summed E-state index contributed by atoms with van der Waals surface area (Å²) in [5.74, 6) is 0.457. The number of para-hydroxylation sites is 1. The van der Waals surface area contributed by atoms with Gasteiger partial charge in [0.25, 0.3) is 5.91 Å². The standard InChI is InChI=1S/C16H20ClN3O/c1-20-14-5-3-2-4-13(14)15(19-20)16(21)18-10-11-6-8-12(17)9-7-11/h2-5,11-12H,6-10H2,1H3,(H,18,21). The zero-order chi connectivity index (χ0) is 14.8. The Labute approximate surface area is 129 Å². The van der Waals surface area contributed by atoms with Crippen LogP contribution in [0.15, 0.2) is 24.3 Å². The van der Waals surface area contributed by atoms with Crippen LogP contribution in [0.5, 0.6) is 0 Å². The average Bonchev–Trinajstić information content (AvgIpc) is 2.84. The van der Waals surface area contributed by atoms with Gasteiger partial charge in [-0.05, 0) is 37.7 Å². The van der Waals surface area contributed by atoms with Gasteiger partial charge in [0.05, 0.1) is 5.52 Å². The first-order valence-electron chi connectivity index (χ1n) is 7.49. The van der Waals surface area contributed by atoms with E-state index >= 15 is 0 Å². The highest BCUT2D eigenvalue weighted by atomic mass is 35.5. The zero-order valence-corrected chi connectivity index (χ0v) is 12.9. The number of carbonyl (C=O) groups is 1. The highest BCUT2D eigenvalue weighted by molar-refractivity contribution is 6.20. The topological polar surface area (TPSA) is 46.9 Å². The number of hydrogen-bond donors (Lipinski definition) is 1. The Hall–Kier alpha value is -1.55. The van der Waals surface area contributed by atoms with Crippen molar-refractivity contribution >= 4 is 28.4 Å². The van der Waals surface area contributed by atoms with Crippen molar-refractivity contribution in [1.29, 1.82) is 0 Å². The molecule has 5 heteroatoms. The van der Waals surface area contributed by atoms with Crippen LogP contribution in [0.3, 0.4) is 0 Å². The zero-order valence-electron chi connectivity index (χ0n) is 12.2. The number of rotatable bonds is 3. The number of halogens is 1. The Bertz CT molecular complexity index is 644. The van der Waals surface area contributed by atoms with Crippen LogP contribution in [-0.2, 0) is 7.05 Å². The fraction of sp³-hybridized carbons (Fsp3) is 0.500. The van der Waals surface area contributed by atoms with Gasteiger partial charge in [-0.3, -0.25) is 9.48 Å². The van der Waals surface area contributed by atoms with Crippen molar-refractivity contribution in [3.8, 4) is 0 Å². The largest absolute Gasteiger partial charge is 0.350 e. The Balaban J connectivity index is 1.67. The van der Waals surface area contributed by atoms with Crippen LogP contribution in [-0.4, -0.2) is 27.6 Å². The van der Waals surface area contributed by atoms with Gasteiger partial charge in [0.1, 0.15) is 0 Å². The van der Waals surface area contributed by atoms with Gasteiger partial charge in [0.15, 0.2) is 5.69 Å². The third-order valence-electron chi connectivity index (χ3n) is 4.30. The number of amides is 1. The Kier molecular flexibility index (Phi) is 4.15. The van der Waals surface area contributed by atoms with Gasteiger partial charge in [-0.15, -0.1) is 11.6 Å². The normalized spacial score (nSPS) is 22.4. The monoisotopic (exact) mass is 305 g/mol. The van der Waals surface area contributed by atoms with E-state index in [1.807, 2.05) is 31.3 Å². The van der Waals surface area contributed by atoms with E-state index in [-0.39, 0.29) is 5.91 Å². The molecular weight excluding hydrogens is 286 g/mol. The third kappa shape index (κ3) is 3.05. The van der Waals surface area contributed by atoms with Crippen LogP contribution in [0.1, 0.15) is 36.2 Å². The number of nitrogens with zero attached hydrogens (tertiary/aromatic N) is 2. The molecule has 1 heterocycles. The molecule has 0 atom stereocenters. The minimum Gasteiger partial charge on any atom is -0.350 e. The fourth-order valence-corrected chi connectivity index (χ4v) is 3.28. The molecule has 0 bridgehead atoms. The molecule has 0 radical (unpaired) electrons. The molecule has 1 saturated carbocycles. The number of nitrogens with one attached hydrogen (secondary N) is 1. The van der Waals surface area contributed by atoms with Crippen LogP contribution < -0.4 is 5.32 Å². The molecule has 3 rings (SSSR count). The molecule has 4 nitrogen and oxygen atoms in total. The minimum atomic E-state index is -0.0835. The molecule has 1 amide bonds. The Morgan fingerprint density at radius 3 is 2.81 bits per heavy atom. The maximum atomic E-state index is 12.4. The lowest BCUT2D eigenvalue weighted by molar-refractivity contribution is 0.0939. The summed E-state index contributed by atoms with van der Waals surface area (Å²) < 4.78 is 1.75. The van der Waals surface area contributed by atoms with Gasteiger partial charge in [-0.25, -0.2) is 0 Å². The molecule has 1 aliphatic carbocycles. The van der Waals surface area contributed by atoms with Crippen molar-refractivity contribution in [3.05, 3.63) is 30.0 Å². The van der Waals surface area contributed by atoms with E-state index in [0.717, 1.165) is 36.6 Å². The van der Waals surface area contributed by atoms with Gasteiger partial charge in [0, 0.05) is 24.4 Å². The van der Waals surface area contributed by atoms with Crippen LogP contribution >= 0.6 is 11.6 Å². The molecule has 1 fully saturated rings. The van der Waals surface area contributed by atoms with E-state index in [0.29, 0.717) is 23.5 Å². The highest BCUT2D eigenvalue weighted by Crippen LogP contribution is 2.27.